The van der Waals surface area contributed by atoms with E-state index in [9.17, 15) is 14.9 Å². The molecule has 0 spiro atoms. The Hall–Kier alpha value is -1.69. The number of hydrogen-bond acceptors (Lipinski definition) is 5. The van der Waals surface area contributed by atoms with Crippen molar-refractivity contribution >= 4 is 34.2 Å². The van der Waals surface area contributed by atoms with E-state index in [1.54, 1.807) is 6.92 Å². The first-order valence-electron chi connectivity index (χ1n) is 5.02. The number of nitro groups is 1. The Morgan fingerprint density at radius 2 is 2.28 bits per heavy atom. The van der Waals surface area contributed by atoms with E-state index in [2.05, 4.69) is 0 Å². The molecule has 7 heteroatoms. The summed E-state index contributed by atoms with van der Waals surface area (Å²) in [4.78, 5) is 21.7. The Kier molecular flexibility index (Phi) is 5.03. The minimum absolute atomic E-state index is 0.0985. The highest BCUT2D eigenvalue weighted by Gasteiger charge is 2.22. The Morgan fingerprint density at radius 1 is 1.61 bits per heavy atom. The number of hydrogen-bond donors (Lipinski definition) is 0. The molecule has 0 aromatic heterocycles. The van der Waals surface area contributed by atoms with Crippen LogP contribution >= 0.6 is 22.6 Å². The fourth-order valence-corrected chi connectivity index (χ4v) is 2.03. The van der Waals surface area contributed by atoms with Gasteiger partial charge in [0.1, 0.15) is 0 Å². The molecule has 0 aliphatic carbocycles. The molecule has 1 rings (SSSR count). The first-order valence-corrected chi connectivity index (χ1v) is 6.10. The summed E-state index contributed by atoms with van der Waals surface area (Å²) in [6, 6.07) is 4.69. The Morgan fingerprint density at radius 3 is 2.78 bits per heavy atom. The standard InChI is InChI=1S/C11H9IN2O4/c1-2-18-11(15)5-9-7(6-13)3-8(12)4-10(9)14(16)17/h3-4H,2,5H2,1H3. The van der Waals surface area contributed by atoms with Crippen LogP contribution in [0.4, 0.5) is 5.69 Å². The van der Waals surface area contributed by atoms with Crippen LogP contribution in [0.15, 0.2) is 12.1 Å². The molecule has 0 saturated carbocycles. The van der Waals surface area contributed by atoms with E-state index in [0.29, 0.717) is 3.57 Å². The molecule has 0 N–H and O–H groups in total. The van der Waals surface area contributed by atoms with Crippen LogP contribution in [-0.2, 0) is 16.0 Å². The second kappa shape index (κ2) is 6.30. The quantitative estimate of drug-likeness (QED) is 0.355. The summed E-state index contributed by atoms with van der Waals surface area (Å²) >= 11 is 1.88. The summed E-state index contributed by atoms with van der Waals surface area (Å²) in [6.45, 7) is 1.84. The lowest BCUT2D eigenvalue weighted by atomic mass is 10.0. The van der Waals surface area contributed by atoms with Gasteiger partial charge in [-0.05, 0) is 35.6 Å². The lowest BCUT2D eigenvalue weighted by molar-refractivity contribution is -0.385. The molecule has 94 valence electrons. The van der Waals surface area contributed by atoms with Crippen LogP contribution in [0.1, 0.15) is 18.1 Å². The number of carbonyl (C=O) groups excluding carboxylic acids is 1. The van der Waals surface area contributed by atoms with Crippen LogP contribution in [-0.4, -0.2) is 17.5 Å². The third-order valence-electron chi connectivity index (χ3n) is 2.13. The van der Waals surface area contributed by atoms with Crippen molar-refractivity contribution < 1.29 is 14.5 Å². The Balaban J connectivity index is 3.26. The minimum Gasteiger partial charge on any atom is -0.466 e. The van der Waals surface area contributed by atoms with Crippen LogP contribution in [0.5, 0.6) is 0 Å². The molecule has 0 fully saturated rings. The van der Waals surface area contributed by atoms with Crippen LogP contribution in [0.3, 0.4) is 0 Å². The van der Waals surface area contributed by atoms with Crippen molar-refractivity contribution in [3.05, 3.63) is 36.9 Å². The third kappa shape index (κ3) is 3.40. The van der Waals surface area contributed by atoms with Gasteiger partial charge in [0.25, 0.3) is 5.69 Å². The van der Waals surface area contributed by atoms with Crippen molar-refractivity contribution in [1.82, 2.24) is 0 Å². The number of ether oxygens (including phenoxy) is 1. The van der Waals surface area contributed by atoms with E-state index in [1.807, 2.05) is 28.7 Å². The van der Waals surface area contributed by atoms with Gasteiger partial charge < -0.3 is 4.74 Å². The maximum atomic E-state index is 11.4. The predicted molar refractivity (Wildman–Crippen MR) is 70.9 cm³/mol. The highest BCUT2D eigenvalue weighted by atomic mass is 127. The lowest BCUT2D eigenvalue weighted by Gasteiger charge is -2.06. The van der Waals surface area contributed by atoms with Gasteiger partial charge in [0, 0.05) is 9.64 Å². The fourth-order valence-electron chi connectivity index (χ4n) is 1.43. The van der Waals surface area contributed by atoms with Crippen LogP contribution in [0, 0.1) is 25.0 Å². The SMILES string of the molecule is CCOC(=O)Cc1c(C#N)cc(I)cc1[N+](=O)[O-]. The fraction of sp³-hybridized carbons (Fsp3) is 0.273. The molecular formula is C11H9IN2O4. The van der Waals surface area contributed by atoms with Crippen molar-refractivity contribution in [2.45, 2.75) is 13.3 Å². The number of nitriles is 1. The van der Waals surface area contributed by atoms with E-state index in [-0.39, 0.29) is 29.8 Å². The molecule has 0 amide bonds. The minimum atomic E-state index is -0.600. The molecule has 0 bridgehead atoms. The number of esters is 1. The zero-order valence-corrected chi connectivity index (χ0v) is 11.6. The van der Waals surface area contributed by atoms with Gasteiger partial charge in [-0.25, -0.2) is 0 Å². The van der Waals surface area contributed by atoms with Gasteiger partial charge >= 0.3 is 5.97 Å². The van der Waals surface area contributed by atoms with E-state index >= 15 is 0 Å². The Labute approximate surface area is 117 Å². The zero-order valence-electron chi connectivity index (χ0n) is 9.47. The third-order valence-corrected chi connectivity index (χ3v) is 2.76. The zero-order chi connectivity index (χ0) is 13.7. The van der Waals surface area contributed by atoms with Crippen molar-refractivity contribution in [1.29, 1.82) is 5.26 Å². The molecule has 18 heavy (non-hydrogen) atoms. The van der Waals surface area contributed by atoms with E-state index < -0.39 is 10.9 Å². The van der Waals surface area contributed by atoms with Crippen LogP contribution in [0.25, 0.3) is 0 Å². The summed E-state index contributed by atoms with van der Waals surface area (Å²) in [6.07, 6.45) is -0.274. The maximum Gasteiger partial charge on any atom is 0.310 e. The first kappa shape index (κ1) is 14.4. The second-order valence-electron chi connectivity index (χ2n) is 3.30. The average molecular weight is 360 g/mol. The van der Waals surface area contributed by atoms with Gasteiger partial charge in [0.2, 0.25) is 0 Å². The predicted octanol–water partition coefficient (Wildman–Crippen LogP) is 2.18. The second-order valence-corrected chi connectivity index (χ2v) is 4.55. The van der Waals surface area contributed by atoms with Gasteiger partial charge in [-0.2, -0.15) is 5.26 Å². The van der Waals surface area contributed by atoms with Crippen molar-refractivity contribution in [3.8, 4) is 6.07 Å². The highest BCUT2D eigenvalue weighted by Crippen LogP contribution is 2.26. The first-order chi connectivity index (χ1) is 8.49. The molecular weight excluding hydrogens is 351 g/mol. The van der Waals surface area contributed by atoms with Crippen LogP contribution < -0.4 is 0 Å². The topological polar surface area (TPSA) is 93.2 Å². The maximum absolute atomic E-state index is 11.4. The van der Waals surface area contributed by atoms with Gasteiger partial charge in [0.15, 0.2) is 0 Å². The van der Waals surface area contributed by atoms with Crippen molar-refractivity contribution in [2.24, 2.45) is 0 Å². The summed E-state index contributed by atoms with van der Waals surface area (Å²) in [5.74, 6) is -0.585. The molecule has 1 aromatic carbocycles. The summed E-state index contributed by atoms with van der Waals surface area (Å²) in [5, 5.41) is 19.9. The molecule has 0 heterocycles. The smallest absolute Gasteiger partial charge is 0.310 e. The summed E-state index contributed by atoms with van der Waals surface area (Å²) in [7, 11) is 0. The monoisotopic (exact) mass is 360 g/mol. The summed E-state index contributed by atoms with van der Waals surface area (Å²) in [5.41, 5.74) is -0.00507. The van der Waals surface area contributed by atoms with Crippen LogP contribution in [0.2, 0.25) is 0 Å². The average Bonchev–Trinajstić information content (AvgIpc) is 2.30. The number of rotatable bonds is 4. The molecule has 0 radical (unpaired) electrons. The number of halogens is 1. The largest absolute Gasteiger partial charge is 0.466 e. The Bertz CT molecular complexity index is 537. The van der Waals surface area contributed by atoms with Crippen molar-refractivity contribution in [2.75, 3.05) is 6.61 Å². The van der Waals surface area contributed by atoms with E-state index in [1.165, 1.54) is 12.1 Å². The van der Waals surface area contributed by atoms with Crippen molar-refractivity contribution in [3.63, 3.8) is 0 Å². The highest BCUT2D eigenvalue weighted by molar-refractivity contribution is 14.1. The molecule has 0 atom stereocenters. The van der Waals surface area contributed by atoms with Gasteiger partial charge in [-0.1, -0.05) is 0 Å². The molecule has 0 saturated heterocycles. The molecule has 0 aliphatic heterocycles. The molecule has 0 aliphatic rings. The molecule has 6 nitrogen and oxygen atoms in total. The number of nitro benzene ring substituents is 1. The number of carbonyl (C=O) groups is 1. The van der Waals surface area contributed by atoms with Gasteiger partial charge in [0.05, 0.1) is 35.1 Å². The molecule has 1 aromatic rings. The van der Waals surface area contributed by atoms with E-state index in [4.69, 9.17) is 10.00 Å². The van der Waals surface area contributed by atoms with Gasteiger partial charge in [-0.15, -0.1) is 0 Å². The molecule has 0 unspecified atom stereocenters. The van der Waals surface area contributed by atoms with E-state index in [0.717, 1.165) is 0 Å². The normalized spacial score (nSPS) is 9.61. The summed E-state index contributed by atoms with van der Waals surface area (Å²) < 4.78 is 5.31. The van der Waals surface area contributed by atoms with Gasteiger partial charge in [-0.3, -0.25) is 14.9 Å². The lowest BCUT2D eigenvalue weighted by Crippen LogP contribution is -2.11. The number of nitrogens with zero attached hydrogens (tertiary/aromatic N) is 2. The number of benzene rings is 1.